The molecule has 0 heterocycles. The molecule has 2 N–H and O–H groups in total. The number of nitrogens with two attached hydrogens (primary N) is 1. The summed E-state index contributed by atoms with van der Waals surface area (Å²) in [5.41, 5.74) is 7.90. The predicted octanol–water partition coefficient (Wildman–Crippen LogP) is 1.92. The van der Waals surface area contributed by atoms with Crippen LogP contribution in [0.5, 0.6) is 5.75 Å². The lowest BCUT2D eigenvalue weighted by molar-refractivity contribution is 0.414. The first kappa shape index (κ1) is 10.6. The fraction of sp³-hybridized carbons (Fsp3) is 0.364. The summed E-state index contributed by atoms with van der Waals surface area (Å²) < 4.78 is 5.08. The van der Waals surface area contributed by atoms with Crippen molar-refractivity contribution in [3.63, 3.8) is 0 Å². The lowest BCUT2D eigenvalue weighted by Gasteiger charge is -2.12. The van der Waals surface area contributed by atoms with Gasteiger partial charge in [0.15, 0.2) is 0 Å². The van der Waals surface area contributed by atoms with Gasteiger partial charge in [-0.2, -0.15) is 5.26 Å². The van der Waals surface area contributed by atoms with E-state index in [0.29, 0.717) is 6.42 Å². The van der Waals surface area contributed by atoms with Gasteiger partial charge in [0.1, 0.15) is 5.75 Å². The second-order valence-electron chi connectivity index (χ2n) is 3.19. The van der Waals surface area contributed by atoms with Gasteiger partial charge in [0.25, 0.3) is 0 Å². The maximum absolute atomic E-state index is 8.53. The summed E-state index contributed by atoms with van der Waals surface area (Å²) in [6.07, 6.45) is 0.340. The molecule has 3 heteroatoms. The third kappa shape index (κ3) is 2.24. The molecule has 1 aromatic rings. The normalized spacial score (nSPS) is 11.9. The Bertz CT molecular complexity index is 355. The Balaban J connectivity index is 2.94. The molecule has 0 bridgehead atoms. The van der Waals surface area contributed by atoms with E-state index in [4.69, 9.17) is 15.7 Å². The van der Waals surface area contributed by atoms with Gasteiger partial charge in [0.2, 0.25) is 0 Å². The van der Waals surface area contributed by atoms with Crippen LogP contribution in [0.1, 0.15) is 23.6 Å². The van der Waals surface area contributed by atoms with Gasteiger partial charge in [-0.05, 0) is 30.2 Å². The second kappa shape index (κ2) is 4.64. The van der Waals surface area contributed by atoms with E-state index in [0.717, 1.165) is 16.9 Å². The van der Waals surface area contributed by atoms with Gasteiger partial charge in [0, 0.05) is 6.04 Å². The molecule has 14 heavy (non-hydrogen) atoms. The van der Waals surface area contributed by atoms with E-state index in [1.165, 1.54) is 0 Å². The zero-order valence-electron chi connectivity index (χ0n) is 8.45. The molecule has 1 aromatic carbocycles. The van der Waals surface area contributed by atoms with Crippen molar-refractivity contribution in [3.8, 4) is 11.8 Å². The van der Waals surface area contributed by atoms with Crippen molar-refractivity contribution in [2.75, 3.05) is 7.11 Å². The van der Waals surface area contributed by atoms with Crippen molar-refractivity contribution in [3.05, 3.63) is 29.3 Å². The van der Waals surface area contributed by atoms with Gasteiger partial charge in [-0.25, -0.2) is 0 Å². The molecule has 0 aliphatic rings. The Kier molecular flexibility index (Phi) is 3.49. The molecule has 0 saturated heterocycles. The fourth-order valence-corrected chi connectivity index (χ4v) is 1.40. The Labute approximate surface area is 84.1 Å². The van der Waals surface area contributed by atoms with E-state index < -0.39 is 0 Å². The molecule has 0 aliphatic carbocycles. The van der Waals surface area contributed by atoms with Crippen molar-refractivity contribution in [2.45, 2.75) is 19.4 Å². The minimum atomic E-state index is -0.203. The van der Waals surface area contributed by atoms with Crippen LogP contribution in [-0.4, -0.2) is 7.11 Å². The van der Waals surface area contributed by atoms with Gasteiger partial charge in [-0.1, -0.05) is 6.07 Å². The van der Waals surface area contributed by atoms with Crippen LogP contribution in [0.2, 0.25) is 0 Å². The highest BCUT2D eigenvalue weighted by atomic mass is 16.5. The van der Waals surface area contributed by atoms with E-state index in [1.807, 2.05) is 25.1 Å². The molecule has 0 amide bonds. The molecule has 0 aliphatic heterocycles. The van der Waals surface area contributed by atoms with E-state index >= 15 is 0 Å². The molecule has 1 atom stereocenters. The molecule has 1 rings (SSSR count). The summed E-state index contributed by atoms with van der Waals surface area (Å²) in [5.74, 6) is 0.815. The standard InChI is InChI=1S/C11H14N2O/c1-8-7-9(14-2)3-4-10(8)11(13)5-6-12/h3-4,7,11H,5,13H2,1-2H3. The largest absolute Gasteiger partial charge is 0.497 e. The Morgan fingerprint density at radius 1 is 1.57 bits per heavy atom. The van der Waals surface area contributed by atoms with E-state index in [1.54, 1.807) is 7.11 Å². The topological polar surface area (TPSA) is 59.0 Å². The number of methoxy groups -OCH3 is 1. The molecule has 0 fully saturated rings. The molecular formula is C11H14N2O. The van der Waals surface area contributed by atoms with Crippen molar-refractivity contribution in [1.82, 2.24) is 0 Å². The lowest BCUT2D eigenvalue weighted by atomic mass is 10.00. The smallest absolute Gasteiger partial charge is 0.119 e. The summed E-state index contributed by atoms with van der Waals surface area (Å²) in [7, 11) is 1.63. The highest BCUT2D eigenvalue weighted by molar-refractivity contribution is 5.36. The molecule has 74 valence electrons. The number of hydrogen-bond donors (Lipinski definition) is 1. The maximum Gasteiger partial charge on any atom is 0.119 e. The minimum Gasteiger partial charge on any atom is -0.497 e. The predicted molar refractivity (Wildman–Crippen MR) is 54.9 cm³/mol. The molecule has 0 aromatic heterocycles. The van der Waals surface area contributed by atoms with Crippen LogP contribution in [0, 0.1) is 18.3 Å². The van der Waals surface area contributed by atoms with Gasteiger partial charge < -0.3 is 10.5 Å². The van der Waals surface area contributed by atoms with Crippen LogP contribution < -0.4 is 10.5 Å². The number of hydrogen-bond acceptors (Lipinski definition) is 3. The zero-order valence-corrected chi connectivity index (χ0v) is 8.45. The molecular weight excluding hydrogens is 176 g/mol. The van der Waals surface area contributed by atoms with Gasteiger partial charge in [0.05, 0.1) is 19.6 Å². The minimum absolute atomic E-state index is 0.203. The summed E-state index contributed by atoms with van der Waals surface area (Å²) in [6.45, 7) is 1.97. The number of nitrogens with zero attached hydrogens (tertiary/aromatic N) is 1. The van der Waals surface area contributed by atoms with Gasteiger partial charge in [-0.3, -0.25) is 0 Å². The lowest BCUT2D eigenvalue weighted by Crippen LogP contribution is -2.10. The second-order valence-corrected chi connectivity index (χ2v) is 3.19. The molecule has 0 saturated carbocycles. The van der Waals surface area contributed by atoms with Crippen LogP contribution in [0.15, 0.2) is 18.2 Å². The fourth-order valence-electron chi connectivity index (χ4n) is 1.40. The van der Waals surface area contributed by atoms with E-state index in [2.05, 4.69) is 6.07 Å². The van der Waals surface area contributed by atoms with E-state index in [-0.39, 0.29) is 6.04 Å². The van der Waals surface area contributed by atoms with Crippen molar-refractivity contribution >= 4 is 0 Å². The first-order valence-electron chi connectivity index (χ1n) is 4.46. The first-order chi connectivity index (χ1) is 6.69. The molecule has 0 radical (unpaired) electrons. The van der Waals surface area contributed by atoms with Crippen LogP contribution in [0.4, 0.5) is 0 Å². The Hall–Kier alpha value is -1.53. The number of benzene rings is 1. The van der Waals surface area contributed by atoms with Gasteiger partial charge in [-0.15, -0.1) is 0 Å². The summed E-state index contributed by atoms with van der Waals surface area (Å²) >= 11 is 0. The Morgan fingerprint density at radius 2 is 2.29 bits per heavy atom. The molecule has 1 unspecified atom stereocenters. The first-order valence-corrected chi connectivity index (χ1v) is 4.46. The maximum atomic E-state index is 8.53. The van der Waals surface area contributed by atoms with Crippen LogP contribution >= 0.6 is 0 Å². The van der Waals surface area contributed by atoms with Crippen molar-refractivity contribution in [2.24, 2.45) is 5.73 Å². The highest BCUT2D eigenvalue weighted by Gasteiger charge is 2.08. The molecule has 0 spiro atoms. The quantitative estimate of drug-likeness (QED) is 0.792. The third-order valence-electron chi connectivity index (χ3n) is 2.19. The third-order valence-corrected chi connectivity index (χ3v) is 2.19. The van der Waals surface area contributed by atoms with Crippen LogP contribution in [0.3, 0.4) is 0 Å². The number of rotatable bonds is 3. The summed E-state index contributed by atoms with van der Waals surface area (Å²) in [5, 5.41) is 8.53. The summed E-state index contributed by atoms with van der Waals surface area (Å²) in [6, 6.07) is 7.56. The van der Waals surface area contributed by atoms with Crippen LogP contribution in [-0.2, 0) is 0 Å². The monoisotopic (exact) mass is 190 g/mol. The van der Waals surface area contributed by atoms with Crippen molar-refractivity contribution < 1.29 is 4.74 Å². The van der Waals surface area contributed by atoms with Crippen LogP contribution in [0.25, 0.3) is 0 Å². The van der Waals surface area contributed by atoms with Gasteiger partial charge >= 0.3 is 0 Å². The number of nitriles is 1. The highest BCUT2D eigenvalue weighted by Crippen LogP contribution is 2.22. The van der Waals surface area contributed by atoms with E-state index in [9.17, 15) is 0 Å². The zero-order chi connectivity index (χ0) is 10.6. The number of ether oxygens (including phenoxy) is 1. The SMILES string of the molecule is COc1ccc(C(N)CC#N)c(C)c1. The average molecular weight is 190 g/mol. The molecule has 3 nitrogen and oxygen atoms in total. The number of aryl methyl sites for hydroxylation is 1. The summed E-state index contributed by atoms with van der Waals surface area (Å²) in [4.78, 5) is 0. The Morgan fingerprint density at radius 3 is 2.79 bits per heavy atom. The average Bonchev–Trinajstić information content (AvgIpc) is 2.17. The van der Waals surface area contributed by atoms with Crippen molar-refractivity contribution in [1.29, 1.82) is 5.26 Å².